The lowest BCUT2D eigenvalue weighted by Crippen LogP contribution is -2.29. The minimum Gasteiger partial charge on any atom is -0.356 e. The standard InChI is InChI=1S/C8H14N2O.ClH/c1-2-10-8(11)7-5-3-9-4-6(5)7;/h5-7,9H,2-4H2,1H3,(H,10,11);1H/t5-,6+,7?;. The van der Waals surface area contributed by atoms with Crippen molar-refractivity contribution in [2.45, 2.75) is 6.92 Å². The first-order valence-electron chi connectivity index (χ1n) is 4.33. The van der Waals surface area contributed by atoms with Crippen molar-refractivity contribution in [3.63, 3.8) is 0 Å². The van der Waals surface area contributed by atoms with E-state index in [4.69, 9.17) is 0 Å². The zero-order valence-electron chi connectivity index (χ0n) is 7.17. The molecular weight excluding hydrogens is 176 g/mol. The molecular formula is C8H15ClN2O. The van der Waals surface area contributed by atoms with Crippen molar-refractivity contribution in [3.05, 3.63) is 0 Å². The first kappa shape index (κ1) is 9.81. The number of hydrogen-bond acceptors (Lipinski definition) is 2. The fourth-order valence-corrected chi connectivity index (χ4v) is 2.10. The highest BCUT2D eigenvalue weighted by Gasteiger charge is 2.56. The van der Waals surface area contributed by atoms with Crippen LogP contribution in [0, 0.1) is 17.8 Å². The second-order valence-corrected chi connectivity index (χ2v) is 3.41. The predicted molar refractivity (Wildman–Crippen MR) is 49.3 cm³/mol. The molecule has 0 radical (unpaired) electrons. The summed E-state index contributed by atoms with van der Waals surface area (Å²) in [6.07, 6.45) is 0. The van der Waals surface area contributed by atoms with Gasteiger partial charge in [0.2, 0.25) is 5.91 Å². The Balaban J connectivity index is 0.000000720. The lowest BCUT2D eigenvalue weighted by Gasteiger charge is -2.03. The maximum atomic E-state index is 11.3. The second-order valence-electron chi connectivity index (χ2n) is 3.41. The van der Waals surface area contributed by atoms with Gasteiger partial charge in [-0.15, -0.1) is 12.4 Å². The number of fused-ring (bicyclic) bond motifs is 1. The first-order valence-corrected chi connectivity index (χ1v) is 4.33. The summed E-state index contributed by atoms with van der Waals surface area (Å²) >= 11 is 0. The van der Waals surface area contributed by atoms with Crippen LogP contribution in [0.2, 0.25) is 0 Å². The van der Waals surface area contributed by atoms with E-state index in [2.05, 4.69) is 10.6 Å². The number of halogens is 1. The van der Waals surface area contributed by atoms with E-state index < -0.39 is 0 Å². The predicted octanol–water partition coefficient (Wildman–Crippen LogP) is 0.00970. The zero-order valence-corrected chi connectivity index (χ0v) is 7.99. The van der Waals surface area contributed by atoms with Crippen molar-refractivity contribution in [2.75, 3.05) is 19.6 Å². The average Bonchev–Trinajstić information content (AvgIpc) is 2.47. The van der Waals surface area contributed by atoms with E-state index in [1.54, 1.807) is 0 Å². The Labute approximate surface area is 78.7 Å². The minimum atomic E-state index is 0. The van der Waals surface area contributed by atoms with E-state index >= 15 is 0 Å². The van der Waals surface area contributed by atoms with Crippen LogP contribution in [0.4, 0.5) is 0 Å². The largest absolute Gasteiger partial charge is 0.356 e. The molecule has 1 amide bonds. The summed E-state index contributed by atoms with van der Waals surface area (Å²) < 4.78 is 0. The van der Waals surface area contributed by atoms with Gasteiger partial charge >= 0.3 is 0 Å². The van der Waals surface area contributed by atoms with Crippen LogP contribution >= 0.6 is 12.4 Å². The van der Waals surface area contributed by atoms with E-state index in [0.717, 1.165) is 19.6 Å². The third kappa shape index (κ3) is 1.43. The number of carbonyl (C=O) groups excluding carboxylic acids is 1. The minimum absolute atomic E-state index is 0. The summed E-state index contributed by atoms with van der Waals surface area (Å²) in [5.74, 6) is 1.92. The van der Waals surface area contributed by atoms with E-state index in [1.165, 1.54) is 0 Å². The van der Waals surface area contributed by atoms with Crippen LogP contribution in [-0.4, -0.2) is 25.5 Å². The molecule has 0 aromatic heterocycles. The van der Waals surface area contributed by atoms with Gasteiger partial charge in [-0.05, 0) is 31.8 Å². The molecule has 1 unspecified atom stereocenters. The molecule has 1 heterocycles. The Morgan fingerprint density at radius 3 is 2.58 bits per heavy atom. The molecule has 0 aromatic rings. The molecule has 1 saturated carbocycles. The van der Waals surface area contributed by atoms with Gasteiger partial charge in [-0.1, -0.05) is 0 Å². The molecule has 12 heavy (non-hydrogen) atoms. The summed E-state index contributed by atoms with van der Waals surface area (Å²) in [7, 11) is 0. The Hall–Kier alpha value is -0.280. The molecule has 2 aliphatic rings. The molecule has 70 valence electrons. The van der Waals surface area contributed by atoms with Crippen LogP contribution in [0.5, 0.6) is 0 Å². The molecule has 2 fully saturated rings. The second kappa shape index (κ2) is 3.62. The number of hydrogen-bond donors (Lipinski definition) is 2. The topological polar surface area (TPSA) is 41.1 Å². The van der Waals surface area contributed by atoms with Crippen molar-refractivity contribution in [1.82, 2.24) is 10.6 Å². The summed E-state index contributed by atoms with van der Waals surface area (Å²) in [6.45, 7) is 4.83. The maximum Gasteiger partial charge on any atom is 0.223 e. The van der Waals surface area contributed by atoms with Crippen molar-refractivity contribution in [2.24, 2.45) is 17.8 Å². The van der Waals surface area contributed by atoms with E-state index in [9.17, 15) is 4.79 Å². The van der Waals surface area contributed by atoms with Gasteiger partial charge in [0.25, 0.3) is 0 Å². The normalized spacial score (nSPS) is 36.6. The third-order valence-corrected chi connectivity index (χ3v) is 2.75. The van der Waals surface area contributed by atoms with E-state index in [-0.39, 0.29) is 18.3 Å². The summed E-state index contributed by atoms with van der Waals surface area (Å²) in [5, 5.41) is 6.14. The summed E-state index contributed by atoms with van der Waals surface area (Å²) in [5.41, 5.74) is 0. The number of rotatable bonds is 2. The Kier molecular flexibility index (Phi) is 2.96. The Bertz CT molecular complexity index is 176. The molecule has 3 nitrogen and oxygen atoms in total. The highest BCUT2D eigenvalue weighted by molar-refractivity contribution is 5.85. The summed E-state index contributed by atoms with van der Waals surface area (Å²) in [6, 6.07) is 0. The number of carbonyl (C=O) groups is 1. The molecule has 3 atom stereocenters. The fourth-order valence-electron chi connectivity index (χ4n) is 2.10. The van der Waals surface area contributed by atoms with Gasteiger partial charge in [0.1, 0.15) is 0 Å². The number of amides is 1. The van der Waals surface area contributed by atoms with Crippen molar-refractivity contribution >= 4 is 18.3 Å². The van der Waals surface area contributed by atoms with Crippen LogP contribution in [0.3, 0.4) is 0 Å². The molecule has 4 heteroatoms. The van der Waals surface area contributed by atoms with Gasteiger partial charge in [0.15, 0.2) is 0 Å². The third-order valence-electron chi connectivity index (χ3n) is 2.75. The van der Waals surface area contributed by atoms with Crippen LogP contribution in [0.25, 0.3) is 0 Å². The lowest BCUT2D eigenvalue weighted by atomic mass is 10.2. The number of nitrogens with one attached hydrogen (secondary N) is 2. The monoisotopic (exact) mass is 190 g/mol. The first-order chi connectivity index (χ1) is 5.34. The molecule has 1 aliphatic carbocycles. The van der Waals surface area contributed by atoms with Gasteiger partial charge in [-0.25, -0.2) is 0 Å². The quantitative estimate of drug-likeness (QED) is 0.644. The Morgan fingerprint density at radius 2 is 2.08 bits per heavy atom. The zero-order chi connectivity index (χ0) is 7.84. The van der Waals surface area contributed by atoms with Gasteiger partial charge < -0.3 is 10.6 Å². The Morgan fingerprint density at radius 1 is 1.50 bits per heavy atom. The van der Waals surface area contributed by atoms with Crippen LogP contribution in [-0.2, 0) is 4.79 Å². The maximum absolute atomic E-state index is 11.3. The van der Waals surface area contributed by atoms with Crippen LogP contribution in [0.1, 0.15) is 6.92 Å². The SMILES string of the molecule is CCNC(=O)C1[C@H]2CNC[C@@H]12.Cl. The highest BCUT2D eigenvalue weighted by atomic mass is 35.5. The molecule has 2 N–H and O–H groups in total. The van der Waals surface area contributed by atoms with E-state index in [0.29, 0.717) is 17.8 Å². The molecule has 0 spiro atoms. The molecule has 1 aliphatic heterocycles. The van der Waals surface area contributed by atoms with Gasteiger partial charge in [-0.3, -0.25) is 4.79 Å². The lowest BCUT2D eigenvalue weighted by molar-refractivity contribution is -0.122. The van der Waals surface area contributed by atoms with Crippen LogP contribution < -0.4 is 10.6 Å². The summed E-state index contributed by atoms with van der Waals surface area (Å²) in [4.78, 5) is 11.3. The highest BCUT2D eigenvalue weighted by Crippen LogP contribution is 2.48. The fraction of sp³-hybridized carbons (Fsp3) is 0.875. The van der Waals surface area contributed by atoms with Crippen molar-refractivity contribution < 1.29 is 4.79 Å². The van der Waals surface area contributed by atoms with E-state index in [1.807, 2.05) is 6.92 Å². The van der Waals surface area contributed by atoms with Gasteiger partial charge in [-0.2, -0.15) is 0 Å². The molecule has 2 rings (SSSR count). The van der Waals surface area contributed by atoms with Crippen LogP contribution in [0.15, 0.2) is 0 Å². The average molecular weight is 191 g/mol. The molecule has 1 saturated heterocycles. The van der Waals surface area contributed by atoms with Gasteiger partial charge in [0.05, 0.1) is 0 Å². The smallest absolute Gasteiger partial charge is 0.223 e. The molecule has 0 bridgehead atoms. The number of piperidine rings is 1. The van der Waals surface area contributed by atoms with Crippen molar-refractivity contribution in [3.8, 4) is 0 Å². The molecule has 0 aromatic carbocycles. The van der Waals surface area contributed by atoms with Gasteiger partial charge in [0, 0.05) is 12.5 Å². The van der Waals surface area contributed by atoms with Crippen molar-refractivity contribution in [1.29, 1.82) is 0 Å².